The Labute approximate surface area is 85.1 Å². The van der Waals surface area contributed by atoms with Gasteiger partial charge < -0.3 is 4.42 Å². The van der Waals surface area contributed by atoms with E-state index in [0.29, 0.717) is 0 Å². The van der Waals surface area contributed by atoms with Gasteiger partial charge in [0.2, 0.25) is 0 Å². The van der Waals surface area contributed by atoms with Gasteiger partial charge >= 0.3 is 0 Å². The normalized spacial score (nSPS) is 11.1. The molecule has 0 aliphatic heterocycles. The van der Waals surface area contributed by atoms with Gasteiger partial charge in [-0.15, -0.1) is 0 Å². The smallest absolute Gasteiger partial charge is 0.192 e. The summed E-state index contributed by atoms with van der Waals surface area (Å²) in [6.45, 7) is 5.93. The van der Waals surface area contributed by atoms with Crippen LogP contribution in [0.4, 0.5) is 0 Å². The van der Waals surface area contributed by atoms with Crippen molar-refractivity contribution in [1.29, 1.82) is 0 Å². The molecule has 1 heterocycles. The van der Waals surface area contributed by atoms with Gasteiger partial charge in [0.15, 0.2) is 11.5 Å². The summed E-state index contributed by atoms with van der Waals surface area (Å²) in [6, 6.07) is 2.06. The first-order valence-corrected chi connectivity index (χ1v) is 4.91. The fraction of sp³-hybridized carbons (Fsp3) is 0.300. The number of halogens is 1. The fourth-order valence-corrected chi connectivity index (χ4v) is 1.96. The summed E-state index contributed by atoms with van der Waals surface area (Å²) in [4.78, 5) is 4.34. The molecule has 0 bridgehead atoms. The van der Waals surface area contributed by atoms with E-state index in [1.165, 1.54) is 0 Å². The lowest BCUT2D eigenvalue weighted by atomic mass is 10.1. The topological polar surface area (TPSA) is 26.0 Å². The minimum atomic E-state index is 0.722. The molecule has 0 radical (unpaired) electrons. The maximum Gasteiger partial charge on any atom is 0.192 e. The van der Waals surface area contributed by atoms with Gasteiger partial charge in [-0.1, -0.05) is 15.9 Å². The molecule has 13 heavy (non-hydrogen) atoms. The summed E-state index contributed by atoms with van der Waals surface area (Å²) >= 11 is 3.49. The second-order valence-electron chi connectivity index (χ2n) is 3.21. The molecule has 0 saturated heterocycles. The average Bonchev–Trinajstić information content (AvgIpc) is 2.44. The molecule has 0 saturated carbocycles. The van der Waals surface area contributed by atoms with Crippen LogP contribution < -0.4 is 0 Å². The number of aromatic nitrogens is 1. The van der Waals surface area contributed by atoms with Gasteiger partial charge in [0.05, 0.1) is 0 Å². The Morgan fingerprint density at radius 3 is 2.69 bits per heavy atom. The Morgan fingerprint density at radius 1 is 1.31 bits per heavy atom. The second kappa shape index (κ2) is 2.84. The van der Waals surface area contributed by atoms with Gasteiger partial charge in [-0.25, -0.2) is 4.98 Å². The SMILES string of the molecule is Cc1nc2c(C)c(Br)cc(C)c2o1. The summed E-state index contributed by atoms with van der Waals surface area (Å²) in [5, 5.41) is 0. The third kappa shape index (κ3) is 1.27. The van der Waals surface area contributed by atoms with Crippen molar-refractivity contribution < 1.29 is 4.42 Å². The van der Waals surface area contributed by atoms with Gasteiger partial charge in [0.25, 0.3) is 0 Å². The quantitative estimate of drug-likeness (QED) is 0.704. The van der Waals surface area contributed by atoms with E-state index in [1.807, 2.05) is 20.8 Å². The van der Waals surface area contributed by atoms with Crippen LogP contribution in [0.15, 0.2) is 15.0 Å². The fourth-order valence-electron chi connectivity index (χ4n) is 1.43. The number of nitrogens with zero attached hydrogens (tertiary/aromatic N) is 1. The van der Waals surface area contributed by atoms with E-state index in [-0.39, 0.29) is 0 Å². The molecule has 68 valence electrons. The summed E-state index contributed by atoms with van der Waals surface area (Å²) < 4.78 is 6.59. The standard InChI is InChI=1S/C10H10BrNO/c1-5-4-8(11)6(2)9-10(5)13-7(3)12-9/h4H,1-3H3. The predicted octanol–water partition coefficient (Wildman–Crippen LogP) is 3.52. The number of hydrogen-bond acceptors (Lipinski definition) is 2. The Hall–Kier alpha value is -0.830. The van der Waals surface area contributed by atoms with Gasteiger partial charge in [-0.05, 0) is 31.0 Å². The van der Waals surface area contributed by atoms with E-state index in [9.17, 15) is 0 Å². The van der Waals surface area contributed by atoms with Crippen LogP contribution in [0, 0.1) is 20.8 Å². The first kappa shape index (κ1) is 8.75. The van der Waals surface area contributed by atoms with E-state index in [2.05, 4.69) is 27.0 Å². The van der Waals surface area contributed by atoms with Crippen LogP contribution in [-0.2, 0) is 0 Å². The summed E-state index contributed by atoms with van der Waals surface area (Å²) in [6.07, 6.45) is 0. The Bertz CT molecular complexity index is 473. The van der Waals surface area contributed by atoms with E-state index in [4.69, 9.17) is 4.42 Å². The lowest BCUT2D eigenvalue weighted by Crippen LogP contribution is -1.82. The third-order valence-electron chi connectivity index (χ3n) is 2.15. The Balaban J connectivity index is 2.95. The number of fused-ring (bicyclic) bond motifs is 1. The zero-order valence-electron chi connectivity index (χ0n) is 7.81. The first-order valence-electron chi connectivity index (χ1n) is 4.12. The molecular formula is C10H10BrNO. The molecular weight excluding hydrogens is 230 g/mol. The van der Waals surface area contributed by atoms with Crippen LogP contribution in [0.2, 0.25) is 0 Å². The summed E-state index contributed by atoms with van der Waals surface area (Å²) in [7, 11) is 0. The van der Waals surface area contributed by atoms with Crippen molar-refractivity contribution in [3.63, 3.8) is 0 Å². The van der Waals surface area contributed by atoms with Crippen molar-refractivity contribution in [2.75, 3.05) is 0 Å². The molecule has 1 aromatic carbocycles. The van der Waals surface area contributed by atoms with Gasteiger partial charge in [-0.3, -0.25) is 0 Å². The Kier molecular flexibility index (Phi) is 1.91. The van der Waals surface area contributed by atoms with Crippen molar-refractivity contribution in [1.82, 2.24) is 4.98 Å². The largest absolute Gasteiger partial charge is 0.441 e. The lowest BCUT2D eigenvalue weighted by Gasteiger charge is -1.99. The van der Waals surface area contributed by atoms with Crippen LogP contribution in [0.25, 0.3) is 11.1 Å². The molecule has 0 amide bonds. The van der Waals surface area contributed by atoms with Crippen molar-refractivity contribution in [3.05, 3.63) is 27.6 Å². The Morgan fingerprint density at radius 2 is 2.00 bits per heavy atom. The highest BCUT2D eigenvalue weighted by Gasteiger charge is 2.10. The minimum absolute atomic E-state index is 0.722. The van der Waals surface area contributed by atoms with Crippen LogP contribution in [0.3, 0.4) is 0 Å². The van der Waals surface area contributed by atoms with Crippen molar-refractivity contribution in [2.45, 2.75) is 20.8 Å². The van der Waals surface area contributed by atoms with Crippen LogP contribution in [0.5, 0.6) is 0 Å². The number of oxazole rings is 1. The second-order valence-corrected chi connectivity index (χ2v) is 4.07. The van der Waals surface area contributed by atoms with E-state index < -0.39 is 0 Å². The summed E-state index contributed by atoms with van der Waals surface area (Å²) in [5.41, 5.74) is 4.12. The van der Waals surface area contributed by atoms with Crippen LogP contribution >= 0.6 is 15.9 Å². The number of benzene rings is 1. The number of aryl methyl sites for hydroxylation is 3. The molecule has 0 fully saturated rings. The highest BCUT2D eigenvalue weighted by molar-refractivity contribution is 9.10. The molecule has 0 aliphatic carbocycles. The van der Waals surface area contributed by atoms with Crippen molar-refractivity contribution in [2.24, 2.45) is 0 Å². The molecule has 2 nitrogen and oxygen atoms in total. The maximum atomic E-state index is 5.50. The third-order valence-corrected chi connectivity index (χ3v) is 2.97. The molecule has 0 aliphatic rings. The lowest BCUT2D eigenvalue weighted by molar-refractivity contribution is 0.559. The summed E-state index contributed by atoms with van der Waals surface area (Å²) in [5.74, 6) is 0.722. The number of hydrogen-bond donors (Lipinski definition) is 0. The van der Waals surface area contributed by atoms with Crippen LogP contribution in [0.1, 0.15) is 17.0 Å². The molecule has 0 unspecified atom stereocenters. The molecule has 1 aromatic heterocycles. The average molecular weight is 240 g/mol. The van der Waals surface area contributed by atoms with Crippen LogP contribution in [-0.4, -0.2) is 4.98 Å². The van der Waals surface area contributed by atoms with Gasteiger partial charge in [0, 0.05) is 11.4 Å². The zero-order valence-corrected chi connectivity index (χ0v) is 9.40. The molecule has 3 heteroatoms. The highest BCUT2D eigenvalue weighted by atomic mass is 79.9. The molecule has 2 aromatic rings. The first-order chi connectivity index (χ1) is 6.09. The van der Waals surface area contributed by atoms with E-state index in [1.54, 1.807) is 0 Å². The molecule has 0 atom stereocenters. The molecule has 2 rings (SSSR count). The number of rotatable bonds is 0. The molecule has 0 N–H and O–H groups in total. The molecule has 0 spiro atoms. The predicted molar refractivity (Wildman–Crippen MR) is 55.9 cm³/mol. The zero-order chi connectivity index (χ0) is 9.59. The van der Waals surface area contributed by atoms with Gasteiger partial charge in [0.1, 0.15) is 5.52 Å². The highest BCUT2D eigenvalue weighted by Crippen LogP contribution is 2.28. The van der Waals surface area contributed by atoms with E-state index in [0.717, 1.165) is 32.6 Å². The van der Waals surface area contributed by atoms with Gasteiger partial charge in [-0.2, -0.15) is 0 Å². The minimum Gasteiger partial charge on any atom is -0.441 e. The maximum absolute atomic E-state index is 5.50. The van der Waals surface area contributed by atoms with Crippen molar-refractivity contribution >= 4 is 27.0 Å². The monoisotopic (exact) mass is 239 g/mol. The van der Waals surface area contributed by atoms with Crippen molar-refractivity contribution in [3.8, 4) is 0 Å². The van der Waals surface area contributed by atoms with E-state index >= 15 is 0 Å².